The van der Waals surface area contributed by atoms with Crippen molar-refractivity contribution >= 4 is 0 Å². The largest absolute Gasteiger partial charge is 0.303 e. The molecule has 1 aliphatic heterocycles. The molecule has 0 unspecified atom stereocenters. The van der Waals surface area contributed by atoms with Crippen molar-refractivity contribution in [2.75, 3.05) is 39.3 Å². The van der Waals surface area contributed by atoms with Gasteiger partial charge in [-0.25, -0.2) is 0 Å². The van der Waals surface area contributed by atoms with Crippen molar-refractivity contribution in [3.63, 3.8) is 0 Å². The highest BCUT2D eigenvalue weighted by atomic mass is 15.1. The molecule has 1 aliphatic rings. The molecule has 0 aromatic carbocycles. The quantitative estimate of drug-likeness (QED) is 0.442. The van der Waals surface area contributed by atoms with Crippen molar-refractivity contribution in [3.8, 4) is 0 Å². The minimum atomic E-state index is 0.832. The summed E-state index contributed by atoms with van der Waals surface area (Å²) in [5.41, 5.74) is 0. The lowest BCUT2D eigenvalue weighted by atomic mass is 10.1. The first kappa shape index (κ1) is 21.0. The molecule has 23 heavy (non-hydrogen) atoms. The van der Waals surface area contributed by atoms with E-state index in [1.807, 2.05) is 0 Å². The van der Waals surface area contributed by atoms with E-state index in [0.29, 0.717) is 0 Å². The van der Waals surface area contributed by atoms with Crippen LogP contribution in [0, 0.1) is 11.8 Å². The minimum absolute atomic E-state index is 0.832. The van der Waals surface area contributed by atoms with Crippen LogP contribution in [0.2, 0.25) is 0 Å². The Hall–Kier alpha value is -0.0800. The van der Waals surface area contributed by atoms with E-state index >= 15 is 0 Å². The maximum absolute atomic E-state index is 2.75. The van der Waals surface area contributed by atoms with Crippen LogP contribution in [0.3, 0.4) is 0 Å². The van der Waals surface area contributed by atoms with E-state index in [4.69, 9.17) is 0 Å². The third-order valence-corrected chi connectivity index (χ3v) is 5.18. The van der Waals surface area contributed by atoms with Crippen LogP contribution in [-0.4, -0.2) is 49.1 Å². The van der Waals surface area contributed by atoms with Crippen LogP contribution < -0.4 is 0 Å². The molecule has 0 aliphatic carbocycles. The molecule has 1 fully saturated rings. The van der Waals surface area contributed by atoms with Crippen LogP contribution in [0.1, 0.15) is 85.5 Å². The molecule has 2 nitrogen and oxygen atoms in total. The van der Waals surface area contributed by atoms with Gasteiger partial charge in [0.2, 0.25) is 0 Å². The molecule has 0 saturated carbocycles. The third kappa shape index (κ3) is 12.0. The van der Waals surface area contributed by atoms with Crippen LogP contribution in [0.15, 0.2) is 0 Å². The Morgan fingerprint density at radius 3 is 1.91 bits per heavy atom. The molecule has 0 aromatic heterocycles. The molecule has 0 amide bonds. The lowest BCUT2D eigenvalue weighted by Crippen LogP contribution is -2.32. The Balaban J connectivity index is 2.21. The highest BCUT2D eigenvalue weighted by molar-refractivity contribution is 4.66. The Bertz CT molecular complexity index is 255. The van der Waals surface area contributed by atoms with Gasteiger partial charge in [0.15, 0.2) is 0 Å². The van der Waals surface area contributed by atoms with Crippen LogP contribution in [-0.2, 0) is 0 Å². The topological polar surface area (TPSA) is 6.48 Å². The summed E-state index contributed by atoms with van der Waals surface area (Å²) in [7, 11) is 0. The van der Waals surface area contributed by atoms with E-state index in [1.54, 1.807) is 0 Å². The van der Waals surface area contributed by atoms with Crippen molar-refractivity contribution in [2.24, 2.45) is 11.8 Å². The van der Waals surface area contributed by atoms with Gasteiger partial charge in [-0.15, -0.1) is 0 Å². The third-order valence-electron chi connectivity index (χ3n) is 5.18. The lowest BCUT2D eigenvalue weighted by molar-refractivity contribution is 0.218. The van der Waals surface area contributed by atoms with Crippen molar-refractivity contribution in [1.82, 2.24) is 9.80 Å². The summed E-state index contributed by atoms with van der Waals surface area (Å²) in [5.74, 6) is 1.70. The molecule has 1 heterocycles. The van der Waals surface area contributed by atoms with Gasteiger partial charge in [0.05, 0.1) is 0 Å². The zero-order valence-electron chi connectivity index (χ0n) is 16.7. The summed E-state index contributed by atoms with van der Waals surface area (Å²) in [6, 6.07) is 0. The number of nitrogens with zero attached hydrogens (tertiary/aromatic N) is 2. The molecule has 0 radical (unpaired) electrons. The van der Waals surface area contributed by atoms with Crippen LogP contribution in [0.4, 0.5) is 0 Å². The first-order chi connectivity index (χ1) is 11.1. The van der Waals surface area contributed by atoms with Gasteiger partial charge in [-0.3, -0.25) is 0 Å². The molecule has 0 bridgehead atoms. The van der Waals surface area contributed by atoms with Gasteiger partial charge in [0.1, 0.15) is 0 Å². The number of hydrogen-bond donors (Lipinski definition) is 0. The van der Waals surface area contributed by atoms with E-state index in [9.17, 15) is 0 Å². The smallest absolute Gasteiger partial charge is 0.000655 e. The second-order valence-corrected chi connectivity index (χ2v) is 8.52. The van der Waals surface area contributed by atoms with Gasteiger partial charge < -0.3 is 9.80 Å². The van der Waals surface area contributed by atoms with E-state index in [2.05, 4.69) is 37.5 Å². The average molecular weight is 325 g/mol. The summed E-state index contributed by atoms with van der Waals surface area (Å²) in [6.45, 7) is 17.4. The fraction of sp³-hybridized carbons (Fsp3) is 1.00. The molecule has 1 saturated heterocycles. The molecular weight excluding hydrogens is 280 g/mol. The molecular formula is C21H44N2. The predicted molar refractivity (Wildman–Crippen MR) is 104 cm³/mol. The molecule has 0 spiro atoms. The van der Waals surface area contributed by atoms with E-state index in [1.165, 1.54) is 97.1 Å². The van der Waals surface area contributed by atoms with Crippen LogP contribution in [0.5, 0.6) is 0 Å². The van der Waals surface area contributed by atoms with Gasteiger partial charge in [-0.05, 0) is 83.2 Å². The summed E-state index contributed by atoms with van der Waals surface area (Å²) in [4.78, 5) is 5.46. The molecule has 0 N–H and O–H groups in total. The molecule has 138 valence electrons. The standard InChI is InChI=1S/C21H44N2/c1-20(2)12-7-10-16-23(19-13-21(3)4)18-11-17-22-14-8-5-6-9-15-22/h20-21H,5-19H2,1-4H3. The second kappa shape index (κ2) is 13.2. The fourth-order valence-electron chi connectivity index (χ4n) is 3.54. The highest BCUT2D eigenvalue weighted by Gasteiger charge is 2.10. The van der Waals surface area contributed by atoms with Gasteiger partial charge in [0.25, 0.3) is 0 Å². The van der Waals surface area contributed by atoms with Crippen molar-refractivity contribution in [3.05, 3.63) is 0 Å². The Morgan fingerprint density at radius 1 is 0.696 bits per heavy atom. The maximum Gasteiger partial charge on any atom is -0.000655 e. The summed E-state index contributed by atoms with van der Waals surface area (Å²) < 4.78 is 0. The van der Waals surface area contributed by atoms with Gasteiger partial charge in [-0.1, -0.05) is 53.4 Å². The summed E-state index contributed by atoms with van der Waals surface area (Å²) in [5, 5.41) is 0. The maximum atomic E-state index is 2.75. The molecule has 2 heteroatoms. The van der Waals surface area contributed by atoms with Crippen molar-refractivity contribution in [1.29, 1.82) is 0 Å². The first-order valence-corrected chi connectivity index (χ1v) is 10.5. The summed E-state index contributed by atoms with van der Waals surface area (Å²) >= 11 is 0. The van der Waals surface area contributed by atoms with Crippen molar-refractivity contribution < 1.29 is 0 Å². The molecule has 0 aromatic rings. The minimum Gasteiger partial charge on any atom is -0.303 e. The zero-order valence-corrected chi connectivity index (χ0v) is 16.7. The second-order valence-electron chi connectivity index (χ2n) is 8.52. The van der Waals surface area contributed by atoms with E-state index in [-0.39, 0.29) is 0 Å². The monoisotopic (exact) mass is 324 g/mol. The Labute approximate surface area is 147 Å². The van der Waals surface area contributed by atoms with Gasteiger partial charge in [-0.2, -0.15) is 0 Å². The zero-order chi connectivity index (χ0) is 16.9. The van der Waals surface area contributed by atoms with E-state index in [0.717, 1.165) is 11.8 Å². The highest BCUT2D eigenvalue weighted by Crippen LogP contribution is 2.12. The number of likely N-dealkylation sites (tertiary alicyclic amines) is 1. The molecule has 0 atom stereocenters. The number of hydrogen-bond acceptors (Lipinski definition) is 2. The van der Waals surface area contributed by atoms with Crippen molar-refractivity contribution in [2.45, 2.75) is 85.5 Å². The molecule has 1 rings (SSSR count). The predicted octanol–water partition coefficient (Wildman–Crippen LogP) is 5.43. The Morgan fingerprint density at radius 2 is 1.30 bits per heavy atom. The van der Waals surface area contributed by atoms with Gasteiger partial charge in [0, 0.05) is 0 Å². The normalized spacial score (nSPS) is 17.3. The summed E-state index contributed by atoms with van der Waals surface area (Å²) in [6.07, 6.45) is 12.7. The lowest BCUT2D eigenvalue weighted by Gasteiger charge is -2.26. The fourth-order valence-corrected chi connectivity index (χ4v) is 3.54. The SMILES string of the molecule is CC(C)CCCCN(CCCN1CCCCCC1)CCC(C)C. The van der Waals surface area contributed by atoms with E-state index < -0.39 is 0 Å². The number of rotatable bonds is 12. The van der Waals surface area contributed by atoms with Gasteiger partial charge >= 0.3 is 0 Å². The van der Waals surface area contributed by atoms with Crippen LogP contribution in [0.25, 0.3) is 0 Å². The average Bonchev–Trinajstić information content (AvgIpc) is 2.76. The Kier molecular flexibility index (Phi) is 12.1. The number of unbranched alkanes of at least 4 members (excludes halogenated alkanes) is 1. The first-order valence-electron chi connectivity index (χ1n) is 10.5. The van der Waals surface area contributed by atoms with Crippen LogP contribution >= 0.6 is 0 Å².